The van der Waals surface area contributed by atoms with Crippen LogP contribution in [-0.4, -0.2) is 0 Å². The second kappa shape index (κ2) is 10.9. The maximum Gasteiger partial charge on any atom is 0.432 e. The summed E-state index contributed by atoms with van der Waals surface area (Å²) in [7, 11) is 0. The molecule has 5 aromatic rings. The first-order valence-corrected chi connectivity index (χ1v) is 13.2. The summed E-state index contributed by atoms with van der Waals surface area (Å²) >= 11 is 0. The fourth-order valence-electron chi connectivity index (χ4n) is 5.33. The van der Waals surface area contributed by atoms with Gasteiger partial charge in [0.1, 0.15) is 28.8 Å². The quantitative estimate of drug-likeness (QED) is 0.140. The minimum absolute atomic E-state index is 0.105. The number of rotatable bonds is 6. The molecule has 1 aliphatic rings. The van der Waals surface area contributed by atoms with E-state index in [0.29, 0.717) is 23.3 Å². The van der Waals surface area contributed by atoms with E-state index in [-0.39, 0.29) is 23.3 Å². The topological polar surface area (TPSA) is 9.23 Å². The Kier molecular flexibility index (Phi) is 7.20. The molecule has 0 bridgehead atoms. The molecule has 0 spiro atoms. The van der Waals surface area contributed by atoms with Crippen LogP contribution in [0.5, 0.6) is 5.75 Å². The largest absolute Gasteiger partial charge is 0.432 e. The number of benzene rings is 5. The number of aryl methyl sites for hydroxylation is 2. The van der Waals surface area contributed by atoms with Crippen molar-refractivity contribution in [2.45, 2.75) is 25.4 Å². The van der Waals surface area contributed by atoms with Crippen LogP contribution in [0.3, 0.4) is 0 Å². The number of ether oxygens (including phenoxy) is 1. The van der Waals surface area contributed by atoms with E-state index in [1.54, 1.807) is 0 Å². The van der Waals surface area contributed by atoms with Crippen molar-refractivity contribution in [3.63, 3.8) is 0 Å². The molecule has 0 amide bonds. The summed E-state index contributed by atoms with van der Waals surface area (Å²) in [4.78, 5) is 0. The number of halogens is 8. The van der Waals surface area contributed by atoms with Crippen molar-refractivity contribution < 1.29 is 39.9 Å². The van der Waals surface area contributed by atoms with E-state index in [0.717, 1.165) is 30.4 Å². The van der Waals surface area contributed by atoms with Crippen molar-refractivity contribution in [3.8, 4) is 39.1 Å². The van der Waals surface area contributed by atoms with Gasteiger partial charge in [-0.2, -0.15) is 8.78 Å². The molecule has 0 aromatic heterocycles. The highest BCUT2D eigenvalue weighted by Gasteiger charge is 2.41. The lowest BCUT2D eigenvalue weighted by Crippen LogP contribution is -2.25. The van der Waals surface area contributed by atoms with Gasteiger partial charge < -0.3 is 4.74 Å². The molecule has 5 aromatic carbocycles. The predicted molar refractivity (Wildman–Crippen MR) is 145 cm³/mol. The van der Waals surface area contributed by atoms with Gasteiger partial charge in [-0.05, 0) is 76.4 Å². The summed E-state index contributed by atoms with van der Waals surface area (Å²) < 4.78 is 118. The second-order valence-corrected chi connectivity index (χ2v) is 10.2. The lowest BCUT2D eigenvalue weighted by Gasteiger charge is -2.20. The van der Waals surface area contributed by atoms with Crippen molar-refractivity contribution in [1.82, 2.24) is 0 Å². The van der Waals surface area contributed by atoms with Gasteiger partial charge in [0, 0.05) is 17.7 Å². The Morgan fingerprint density at radius 2 is 1.00 bits per heavy atom. The van der Waals surface area contributed by atoms with Crippen molar-refractivity contribution in [3.05, 3.63) is 137 Å². The third-order valence-electron chi connectivity index (χ3n) is 7.47. The SMILES string of the molecule is Fc1cc(-c2ccc(-c3ccc4c(c3)CCC4)cc2)ccc1-c1cc(F)c(C(F)(F)Oc2cc(F)c(F)c(F)c2)c(F)c1. The summed E-state index contributed by atoms with van der Waals surface area (Å²) in [5, 5.41) is 0. The first-order chi connectivity index (χ1) is 20.5. The van der Waals surface area contributed by atoms with Crippen molar-refractivity contribution in [2.24, 2.45) is 0 Å². The van der Waals surface area contributed by atoms with E-state index < -0.39 is 52.3 Å². The van der Waals surface area contributed by atoms with Crippen LogP contribution in [0.15, 0.2) is 84.9 Å². The highest BCUT2D eigenvalue weighted by Crippen LogP contribution is 2.39. The zero-order valence-corrected chi connectivity index (χ0v) is 22.1. The fraction of sp³-hybridized carbons (Fsp3) is 0.118. The molecular weight excluding hydrogens is 576 g/mol. The first kappa shape index (κ1) is 28.5. The third-order valence-corrected chi connectivity index (χ3v) is 7.47. The summed E-state index contributed by atoms with van der Waals surface area (Å²) in [5.74, 6) is -11.3. The highest BCUT2D eigenvalue weighted by molar-refractivity contribution is 5.74. The molecular formula is C34H20F8O. The molecule has 0 saturated carbocycles. The molecule has 9 heteroatoms. The fourth-order valence-corrected chi connectivity index (χ4v) is 5.33. The summed E-state index contributed by atoms with van der Waals surface area (Å²) in [6.07, 6.45) is -1.47. The Bertz CT molecular complexity index is 1820. The van der Waals surface area contributed by atoms with E-state index in [1.165, 1.54) is 29.3 Å². The van der Waals surface area contributed by atoms with E-state index in [2.05, 4.69) is 22.9 Å². The Hall–Kier alpha value is -4.66. The molecule has 0 aliphatic heterocycles. The van der Waals surface area contributed by atoms with Gasteiger partial charge in [0.15, 0.2) is 17.5 Å². The average molecular weight is 597 g/mol. The minimum Gasteiger partial charge on any atom is -0.429 e. The van der Waals surface area contributed by atoms with Crippen LogP contribution in [0, 0.1) is 34.9 Å². The Morgan fingerprint density at radius 1 is 0.488 bits per heavy atom. The third kappa shape index (κ3) is 5.47. The van der Waals surface area contributed by atoms with E-state index in [9.17, 15) is 30.7 Å². The molecule has 0 fully saturated rings. The van der Waals surface area contributed by atoms with E-state index in [1.807, 2.05) is 24.3 Å². The Labute approximate surface area is 241 Å². The Balaban J connectivity index is 1.25. The number of fused-ring (bicyclic) bond motifs is 1. The van der Waals surface area contributed by atoms with Crippen molar-refractivity contribution >= 4 is 0 Å². The van der Waals surface area contributed by atoms with E-state index >= 15 is 4.39 Å². The summed E-state index contributed by atoms with van der Waals surface area (Å²) in [6.45, 7) is 0. The van der Waals surface area contributed by atoms with Crippen LogP contribution >= 0.6 is 0 Å². The molecule has 1 nitrogen and oxygen atoms in total. The van der Waals surface area contributed by atoms with Crippen molar-refractivity contribution in [1.29, 1.82) is 0 Å². The maximum absolute atomic E-state index is 15.2. The lowest BCUT2D eigenvalue weighted by atomic mass is 9.96. The Morgan fingerprint density at radius 3 is 1.60 bits per heavy atom. The van der Waals surface area contributed by atoms with E-state index in [4.69, 9.17) is 0 Å². The maximum atomic E-state index is 15.2. The smallest absolute Gasteiger partial charge is 0.429 e. The van der Waals surface area contributed by atoms with Crippen LogP contribution < -0.4 is 4.74 Å². The minimum atomic E-state index is -4.75. The van der Waals surface area contributed by atoms with Crippen LogP contribution in [0.25, 0.3) is 33.4 Å². The predicted octanol–water partition coefficient (Wildman–Crippen LogP) is 10.1. The molecule has 218 valence electrons. The molecule has 43 heavy (non-hydrogen) atoms. The molecule has 0 N–H and O–H groups in total. The van der Waals surface area contributed by atoms with Gasteiger partial charge in [-0.25, -0.2) is 26.3 Å². The van der Waals surface area contributed by atoms with Gasteiger partial charge in [-0.1, -0.05) is 54.6 Å². The first-order valence-electron chi connectivity index (χ1n) is 13.2. The van der Waals surface area contributed by atoms with Gasteiger partial charge in [-0.15, -0.1) is 0 Å². The van der Waals surface area contributed by atoms with Crippen LogP contribution in [0.4, 0.5) is 35.1 Å². The molecule has 0 atom stereocenters. The molecule has 6 rings (SSSR count). The molecule has 1 aliphatic carbocycles. The van der Waals surface area contributed by atoms with Gasteiger partial charge >= 0.3 is 6.11 Å². The average Bonchev–Trinajstić information content (AvgIpc) is 3.43. The highest BCUT2D eigenvalue weighted by atomic mass is 19.3. The zero-order chi connectivity index (χ0) is 30.5. The monoisotopic (exact) mass is 596 g/mol. The van der Waals surface area contributed by atoms with Gasteiger partial charge in [0.25, 0.3) is 0 Å². The number of alkyl halides is 2. The zero-order valence-electron chi connectivity index (χ0n) is 22.1. The van der Waals surface area contributed by atoms with Crippen molar-refractivity contribution in [2.75, 3.05) is 0 Å². The second-order valence-electron chi connectivity index (χ2n) is 10.2. The van der Waals surface area contributed by atoms with Gasteiger partial charge in [0.2, 0.25) is 0 Å². The van der Waals surface area contributed by atoms with Crippen LogP contribution in [0.2, 0.25) is 0 Å². The molecule has 0 heterocycles. The summed E-state index contributed by atoms with van der Waals surface area (Å²) in [5.41, 5.74) is 3.46. The lowest BCUT2D eigenvalue weighted by molar-refractivity contribution is -0.189. The summed E-state index contributed by atoms with van der Waals surface area (Å²) in [6, 6.07) is 19.0. The standard InChI is InChI=1S/C34H20F8O/c35-27-13-23(20-6-4-19(5-7-20)22-9-8-18-2-1-3-21(18)12-22)10-11-26(27)24-14-28(36)32(29(37)15-24)34(41,42)43-25-16-30(38)33(40)31(39)17-25/h4-17H,1-3H2. The number of hydrogen-bond acceptors (Lipinski definition) is 1. The molecule has 0 saturated heterocycles. The van der Waals surface area contributed by atoms with Gasteiger partial charge in [0.05, 0.1) is 0 Å². The van der Waals surface area contributed by atoms with Crippen LogP contribution in [0.1, 0.15) is 23.1 Å². The van der Waals surface area contributed by atoms with Gasteiger partial charge in [-0.3, -0.25) is 0 Å². The molecule has 0 unspecified atom stereocenters. The molecule has 0 radical (unpaired) electrons. The number of hydrogen-bond donors (Lipinski definition) is 0. The van der Waals surface area contributed by atoms with Crippen LogP contribution in [-0.2, 0) is 19.0 Å². The normalized spacial score (nSPS) is 12.8.